The topological polar surface area (TPSA) is 27.7 Å². The summed E-state index contributed by atoms with van der Waals surface area (Å²) in [4.78, 5) is 0. The fraction of sp³-hybridized carbons (Fsp3) is 1.00. The first-order valence-corrected chi connectivity index (χ1v) is 16.4. The first-order valence-electron chi connectivity index (χ1n) is 9.23. The van der Waals surface area contributed by atoms with Crippen molar-refractivity contribution < 1.29 is 13.3 Å². The van der Waals surface area contributed by atoms with Crippen molar-refractivity contribution in [2.45, 2.75) is 72.3 Å². The minimum atomic E-state index is -2.70. The average Bonchev–Trinajstić information content (AvgIpc) is 2.58. The van der Waals surface area contributed by atoms with Crippen LogP contribution in [0.1, 0.15) is 66.7 Å². The van der Waals surface area contributed by atoms with E-state index >= 15 is 0 Å². The molecule has 0 aromatic carbocycles. The van der Waals surface area contributed by atoms with Crippen LogP contribution in [0.25, 0.3) is 0 Å². The summed E-state index contributed by atoms with van der Waals surface area (Å²) in [5.41, 5.74) is 0.307. The van der Waals surface area contributed by atoms with Gasteiger partial charge in [-0.15, -0.1) is 31.4 Å². The van der Waals surface area contributed by atoms with E-state index in [1.807, 2.05) is 20.8 Å². The summed E-state index contributed by atoms with van der Waals surface area (Å²) in [5.74, 6) is 2.02. The van der Waals surface area contributed by atoms with Crippen molar-refractivity contribution in [3.63, 3.8) is 0 Å². The highest BCUT2D eigenvalue weighted by Crippen LogP contribution is 2.67. The highest BCUT2D eigenvalue weighted by Gasteiger charge is 2.50. The van der Waals surface area contributed by atoms with Crippen LogP contribution < -0.4 is 0 Å². The van der Waals surface area contributed by atoms with E-state index in [2.05, 4.69) is 25.5 Å². The number of hydrogen-bond acceptors (Lipinski definition) is 6. The molecule has 0 aliphatic carbocycles. The van der Waals surface area contributed by atoms with Crippen LogP contribution in [0.4, 0.5) is 0 Å². The fourth-order valence-corrected chi connectivity index (χ4v) is 12.2. The van der Waals surface area contributed by atoms with E-state index in [0.717, 1.165) is 17.9 Å². The summed E-state index contributed by atoms with van der Waals surface area (Å²) in [7, 11) is -2.22. The molecule has 0 bridgehead atoms. The average molecular weight is 435 g/mol. The molecule has 0 saturated carbocycles. The predicted molar refractivity (Wildman–Crippen MR) is 122 cm³/mol. The summed E-state index contributed by atoms with van der Waals surface area (Å²) in [6.45, 7) is 12.4. The van der Waals surface area contributed by atoms with E-state index in [4.69, 9.17) is 24.9 Å². The van der Waals surface area contributed by atoms with Crippen molar-refractivity contribution in [1.82, 2.24) is 0 Å². The molecule has 0 aromatic rings. The largest absolute Gasteiger partial charge is 0.505 e. The van der Waals surface area contributed by atoms with Crippen LogP contribution in [0.2, 0.25) is 5.54 Å². The van der Waals surface area contributed by atoms with Crippen molar-refractivity contribution in [1.29, 1.82) is 0 Å². The molecule has 0 radical (unpaired) electrons. The molecule has 0 aromatic heterocycles. The molecule has 2 atom stereocenters. The second-order valence-corrected chi connectivity index (χ2v) is 17.8. The lowest BCUT2D eigenvalue weighted by Gasteiger charge is -2.41. The minimum Gasteiger partial charge on any atom is -0.374 e. The second-order valence-electron chi connectivity index (χ2n) is 5.75. The Bertz CT molecular complexity index is 290. The van der Waals surface area contributed by atoms with Crippen LogP contribution in [-0.2, 0) is 13.3 Å². The summed E-state index contributed by atoms with van der Waals surface area (Å²) in [5, 5.41) is 0. The summed E-state index contributed by atoms with van der Waals surface area (Å²) < 4.78 is 18.6. The fourth-order valence-electron chi connectivity index (χ4n) is 2.78. The van der Waals surface area contributed by atoms with E-state index in [1.54, 1.807) is 9.83 Å². The molecule has 0 amide bonds. The zero-order valence-corrected chi connectivity index (χ0v) is 20.5. The van der Waals surface area contributed by atoms with Gasteiger partial charge in [0.15, 0.2) is 0 Å². The molecule has 0 fully saturated rings. The maximum atomic E-state index is 6.20. The molecule has 0 aliphatic rings. The predicted octanol–water partition coefficient (Wildman–Crippen LogP) is 6.54. The van der Waals surface area contributed by atoms with Gasteiger partial charge in [0.05, 0.1) is 0 Å². The lowest BCUT2D eigenvalue weighted by atomic mass is 10.1. The maximum Gasteiger partial charge on any atom is 0.505 e. The van der Waals surface area contributed by atoms with Gasteiger partial charge >= 0.3 is 8.80 Å². The normalized spacial score (nSPS) is 17.5. The summed E-state index contributed by atoms with van der Waals surface area (Å²) >= 11 is 9.49. The standard InChI is InChI=1S/C16H38O3S4Si/c1-6-11-12-13-14-16(15-23(21,10-5)22-20)24(17-7-2,18-8-3)19-9-4/h16,20-21H,6-15H2,1-5H3. The van der Waals surface area contributed by atoms with Crippen LogP contribution in [-0.4, -0.2) is 40.1 Å². The molecule has 0 saturated heterocycles. The van der Waals surface area contributed by atoms with Crippen molar-refractivity contribution in [2.24, 2.45) is 0 Å². The van der Waals surface area contributed by atoms with Gasteiger partial charge in [0, 0.05) is 31.1 Å². The molecule has 8 heteroatoms. The van der Waals surface area contributed by atoms with Gasteiger partial charge in [0.1, 0.15) is 0 Å². The zero-order chi connectivity index (χ0) is 18.5. The van der Waals surface area contributed by atoms with Crippen LogP contribution in [0.15, 0.2) is 0 Å². The molecule has 0 spiro atoms. The van der Waals surface area contributed by atoms with Gasteiger partial charge in [0.25, 0.3) is 0 Å². The third-order valence-corrected chi connectivity index (χ3v) is 17.4. The SMILES string of the molecule is CCCCCCC(CS(S)(CC)SS)[Si](OCC)(OCC)OCC. The van der Waals surface area contributed by atoms with Crippen LogP contribution in [0, 0.1) is 0 Å². The van der Waals surface area contributed by atoms with Gasteiger partial charge in [0.2, 0.25) is 0 Å². The Hall–Kier alpha value is 1.50. The van der Waals surface area contributed by atoms with Crippen LogP contribution >= 0.6 is 41.2 Å². The number of thiol groups is 2. The lowest BCUT2D eigenvalue weighted by Crippen LogP contribution is -2.51. The van der Waals surface area contributed by atoms with Gasteiger partial charge in [-0.3, -0.25) is 0 Å². The second kappa shape index (κ2) is 14.5. The third kappa shape index (κ3) is 8.93. The molecule has 2 unspecified atom stereocenters. The molecule has 3 nitrogen and oxygen atoms in total. The lowest BCUT2D eigenvalue weighted by molar-refractivity contribution is 0.0617. The first kappa shape index (κ1) is 25.5. The van der Waals surface area contributed by atoms with Gasteiger partial charge in [-0.1, -0.05) is 39.5 Å². The van der Waals surface area contributed by atoms with Crippen molar-refractivity contribution in [3.8, 4) is 0 Å². The Labute approximate surface area is 166 Å². The summed E-state index contributed by atoms with van der Waals surface area (Å²) in [6, 6.07) is 0. The van der Waals surface area contributed by atoms with Crippen molar-refractivity contribution >= 4 is 50.0 Å². The number of unbranched alkanes of at least 4 members (excludes halogenated alkanes) is 3. The molecule has 148 valence electrons. The molecular formula is C16H38O3S4Si. The summed E-state index contributed by atoms with van der Waals surface area (Å²) in [6.07, 6.45) is 6.09. The quantitative estimate of drug-likeness (QED) is 0.125. The van der Waals surface area contributed by atoms with E-state index in [9.17, 15) is 0 Å². The monoisotopic (exact) mass is 434 g/mol. The highest BCUT2D eigenvalue weighted by atomic mass is 33.7. The Morgan fingerprint density at radius 2 is 1.46 bits per heavy atom. The van der Waals surface area contributed by atoms with Crippen LogP contribution in [0.5, 0.6) is 0 Å². The van der Waals surface area contributed by atoms with Crippen LogP contribution in [0.3, 0.4) is 0 Å². The molecule has 0 rings (SSSR count). The van der Waals surface area contributed by atoms with Crippen molar-refractivity contribution in [2.75, 3.05) is 31.3 Å². The zero-order valence-electron chi connectivity index (χ0n) is 16.1. The maximum absolute atomic E-state index is 6.20. The third-order valence-electron chi connectivity index (χ3n) is 3.99. The molecular weight excluding hydrogens is 397 g/mol. The van der Waals surface area contributed by atoms with Gasteiger partial charge in [-0.2, -0.15) is 0 Å². The first-order chi connectivity index (χ1) is 11.5. The van der Waals surface area contributed by atoms with E-state index in [0.29, 0.717) is 25.4 Å². The Balaban J connectivity index is 5.37. The molecule has 24 heavy (non-hydrogen) atoms. The van der Waals surface area contributed by atoms with E-state index in [-0.39, 0.29) is 0 Å². The van der Waals surface area contributed by atoms with Gasteiger partial charge < -0.3 is 13.3 Å². The van der Waals surface area contributed by atoms with Gasteiger partial charge in [-0.25, -0.2) is 0 Å². The number of rotatable bonds is 16. The highest BCUT2D eigenvalue weighted by molar-refractivity contribution is 9.33. The Kier molecular flexibility index (Phi) is 15.4. The molecule has 0 aliphatic heterocycles. The molecule has 0 heterocycles. The number of hydrogen-bond donors (Lipinski definition) is 2. The minimum absolute atomic E-state index is 0.307. The smallest absolute Gasteiger partial charge is 0.374 e. The Morgan fingerprint density at radius 3 is 1.83 bits per heavy atom. The van der Waals surface area contributed by atoms with E-state index < -0.39 is 16.9 Å². The van der Waals surface area contributed by atoms with Gasteiger partial charge in [-0.05, 0) is 42.8 Å². The molecule has 0 N–H and O–H groups in total. The Morgan fingerprint density at radius 1 is 0.917 bits per heavy atom. The van der Waals surface area contributed by atoms with E-state index in [1.165, 1.54) is 25.7 Å². The van der Waals surface area contributed by atoms with Crippen molar-refractivity contribution in [3.05, 3.63) is 0 Å².